The van der Waals surface area contributed by atoms with E-state index in [2.05, 4.69) is 36.5 Å². The smallest absolute Gasteiger partial charge is 0.0468 e. The van der Waals surface area contributed by atoms with E-state index in [0.717, 1.165) is 17.9 Å². The van der Waals surface area contributed by atoms with Crippen LogP contribution < -0.4 is 5.32 Å². The molecule has 1 atom stereocenters. The molecule has 2 aromatic carbocycles. The molecule has 1 N–H and O–H groups in total. The third-order valence-corrected chi connectivity index (χ3v) is 4.57. The Labute approximate surface area is 134 Å². The number of hydrogen-bond donors (Lipinski definition) is 1. The highest BCUT2D eigenvalue weighted by Crippen LogP contribution is 2.26. The molecule has 0 saturated heterocycles. The second kappa shape index (κ2) is 7.94. The molecule has 106 valence electrons. The lowest BCUT2D eigenvalue weighted by Gasteiger charge is -2.15. The predicted octanol–water partition coefficient (Wildman–Crippen LogP) is 5.44. The largest absolute Gasteiger partial charge is 0.309 e. The number of halogens is 2. The average Bonchev–Trinajstić information content (AvgIpc) is 2.44. The van der Waals surface area contributed by atoms with Crippen molar-refractivity contribution >= 4 is 35.0 Å². The van der Waals surface area contributed by atoms with Crippen LogP contribution in [0.4, 0.5) is 0 Å². The van der Waals surface area contributed by atoms with Crippen molar-refractivity contribution < 1.29 is 0 Å². The molecule has 20 heavy (non-hydrogen) atoms. The molecule has 0 aliphatic carbocycles. The van der Waals surface area contributed by atoms with E-state index in [9.17, 15) is 0 Å². The van der Waals surface area contributed by atoms with Crippen LogP contribution in [0.3, 0.4) is 0 Å². The van der Waals surface area contributed by atoms with E-state index < -0.39 is 0 Å². The molecule has 1 nitrogen and oxygen atoms in total. The zero-order chi connectivity index (χ0) is 14.4. The van der Waals surface area contributed by atoms with Crippen molar-refractivity contribution in [1.82, 2.24) is 5.32 Å². The monoisotopic (exact) mass is 325 g/mol. The van der Waals surface area contributed by atoms with E-state index >= 15 is 0 Å². The topological polar surface area (TPSA) is 12.0 Å². The summed E-state index contributed by atoms with van der Waals surface area (Å²) in [5, 5.41) is 4.87. The first-order valence-corrected chi connectivity index (χ1v) is 8.27. The van der Waals surface area contributed by atoms with E-state index in [1.54, 1.807) is 6.07 Å². The first-order valence-electron chi connectivity index (χ1n) is 6.53. The summed E-state index contributed by atoms with van der Waals surface area (Å²) in [6, 6.07) is 16.3. The van der Waals surface area contributed by atoms with E-state index in [4.69, 9.17) is 23.2 Å². The molecule has 0 heterocycles. The van der Waals surface area contributed by atoms with Crippen molar-refractivity contribution in [1.29, 1.82) is 0 Å². The zero-order valence-electron chi connectivity index (χ0n) is 11.3. The molecule has 4 heteroatoms. The number of thioether (sulfide) groups is 1. The maximum absolute atomic E-state index is 6.20. The third-order valence-electron chi connectivity index (χ3n) is 2.99. The fourth-order valence-electron chi connectivity index (χ4n) is 1.92. The van der Waals surface area contributed by atoms with Crippen LogP contribution in [-0.4, -0.2) is 12.3 Å². The van der Waals surface area contributed by atoms with Gasteiger partial charge in [-0.15, -0.1) is 11.8 Å². The van der Waals surface area contributed by atoms with Crippen LogP contribution in [0, 0.1) is 0 Å². The van der Waals surface area contributed by atoms with Crippen LogP contribution in [0.2, 0.25) is 10.0 Å². The van der Waals surface area contributed by atoms with Crippen molar-refractivity contribution in [2.75, 3.05) is 12.3 Å². The second-order valence-corrected chi connectivity index (χ2v) is 6.52. The summed E-state index contributed by atoms with van der Waals surface area (Å²) >= 11 is 14.0. The predicted molar refractivity (Wildman–Crippen MR) is 90.0 cm³/mol. The van der Waals surface area contributed by atoms with Gasteiger partial charge in [0.1, 0.15) is 0 Å². The third kappa shape index (κ3) is 4.71. The molecule has 0 aliphatic heterocycles. The minimum atomic E-state index is 0.219. The second-order valence-electron chi connectivity index (χ2n) is 4.50. The summed E-state index contributed by atoms with van der Waals surface area (Å²) in [7, 11) is 0. The number of benzene rings is 2. The molecular weight excluding hydrogens is 309 g/mol. The quantitative estimate of drug-likeness (QED) is 0.561. The van der Waals surface area contributed by atoms with Gasteiger partial charge in [-0.25, -0.2) is 0 Å². The standard InChI is InChI=1S/C16H17Cl2NS/c1-12(15-8-7-13(17)11-16(15)18)19-9-10-20-14-5-3-2-4-6-14/h2-8,11-12,19H,9-10H2,1H3. The summed E-state index contributed by atoms with van der Waals surface area (Å²) in [5.74, 6) is 1.03. The Morgan fingerprint density at radius 3 is 2.55 bits per heavy atom. The molecule has 0 spiro atoms. The Morgan fingerprint density at radius 1 is 1.10 bits per heavy atom. The van der Waals surface area contributed by atoms with Gasteiger partial charge in [-0.05, 0) is 36.8 Å². The molecule has 2 aromatic rings. The van der Waals surface area contributed by atoms with E-state index in [0.29, 0.717) is 10.0 Å². The van der Waals surface area contributed by atoms with Crippen LogP contribution >= 0.6 is 35.0 Å². The maximum atomic E-state index is 6.20. The van der Waals surface area contributed by atoms with Crippen LogP contribution in [0.1, 0.15) is 18.5 Å². The molecule has 0 fully saturated rings. The van der Waals surface area contributed by atoms with Gasteiger partial charge in [0.25, 0.3) is 0 Å². The van der Waals surface area contributed by atoms with Gasteiger partial charge >= 0.3 is 0 Å². The van der Waals surface area contributed by atoms with E-state index in [1.165, 1.54) is 4.90 Å². The summed E-state index contributed by atoms with van der Waals surface area (Å²) in [4.78, 5) is 1.30. The Kier molecular flexibility index (Phi) is 6.24. The van der Waals surface area contributed by atoms with Crippen LogP contribution in [-0.2, 0) is 0 Å². The van der Waals surface area contributed by atoms with Crippen molar-refractivity contribution in [3.8, 4) is 0 Å². The van der Waals surface area contributed by atoms with Crippen molar-refractivity contribution in [3.05, 3.63) is 64.1 Å². The first kappa shape index (κ1) is 15.7. The Hall–Kier alpha value is -0.670. The van der Waals surface area contributed by atoms with Gasteiger partial charge in [-0.1, -0.05) is 47.5 Å². The molecule has 0 aromatic heterocycles. The molecule has 0 bridgehead atoms. The normalized spacial score (nSPS) is 12.3. The minimum absolute atomic E-state index is 0.219. The lowest BCUT2D eigenvalue weighted by atomic mass is 10.1. The zero-order valence-corrected chi connectivity index (χ0v) is 13.6. The summed E-state index contributed by atoms with van der Waals surface area (Å²) < 4.78 is 0. The van der Waals surface area contributed by atoms with Gasteiger partial charge in [0, 0.05) is 33.3 Å². The van der Waals surface area contributed by atoms with Crippen molar-refractivity contribution in [2.24, 2.45) is 0 Å². The van der Waals surface area contributed by atoms with Gasteiger partial charge in [-0.3, -0.25) is 0 Å². The molecule has 0 radical (unpaired) electrons. The average molecular weight is 326 g/mol. The van der Waals surface area contributed by atoms with Crippen LogP contribution in [0.15, 0.2) is 53.4 Å². The SMILES string of the molecule is CC(NCCSc1ccccc1)c1ccc(Cl)cc1Cl. The number of hydrogen-bond acceptors (Lipinski definition) is 2. The first-order chi connectivity index (χ1) is 9.66. The maximum Gasteiger partial charge on any atom is 0.0468 e. The summed E-state index contributed by atoms with van der Waals surface area (Å²) in [6.07, 6.45) is 0. The Morgan fingerprint density at radius 2 is 1.85 bits per heavy atom. The fraction of sp³-hybridized carbons (Fsp3) is 0.250. The molecule has 1 unspecified atom stereocenters. The number of rotatable bonds is 6. The van der Waals surface area contributed by atoms with E-state index in [-0.39, 0.29) is 6.04 Å². The highest BCUT2D eigenvalue weighted by molar-refractivity contribution is 7.99. The molecule has 0 aliphatic rings. The van der Waals surface area contributed by atoms with Gasteiger partial charge in [0.15, 0.2) is 0 Å². The summed E-state index contributed by atoms with van der Waals surface area (Å²) in [5.41, 5.74) is 1.08. The fourth-order valence-corrected chi connectivity index (χ4v) is 3.30. The van der Waals surface area contributed by atoms with Crippen molar-refractivity contribution in [3.63, 3.8) is 0 Å². The lowest BCUT2D eigenvalue weighted by molar-refractivity contribution is 0.601. The molecule has 2 rings (SSSR count). The van der Waals surface area contributed by atoms with Gasteiger partial charge in [0.05, 0.1) is 0 Å². The van der Waals surface area contributed by atoms with Gasteiger partial charge < -0.3 is 5.32 Å². The Bertz CT molecular complexity index is 545. The highest BCUT2D eigenvalue weighted by atomic mass is 35.5. The molecule has 0 saturated carbocycles. The lowest BCUT2D eigenvalue weighted by Crippen LogP contribution is -2.21. The minimum Gasteiger partial charge on any atom is -0.309 e. The Balaban J connectivity index is 1.79. The highest BCUT2D eigenvalue weighted by Gasteiger charge is 2.09. The van der Waals surface area contributed by atoms with Crippen molar-refractivity contribution in [2.45, 2.75) is 17.9 Å². The molecule has 0 amide bonds. The van der Waals surface area contributed by atoms with Crippen LogP contribution in [0.25, 0.3) is 0 Å². The number of nitrogens with one attached hydrogen (secondary N) is 1. The van der Waals surface area contributed by atoms with Gasteiger partial charge in [-0.2, -0.15) is 0 Å². The summed E-state index contributed by atoms with van der Waals surface area (Å²) in [6.45, 7) is 3.04. The van der Waals surface area contributed by atoms with Gasteiger partial charge in [0.2, 0.25) is 0 Å². The van der Waals surface area contributed by atoms with Crippen LogP contribution in [0.5, 0.6) is 0 Å². The van der Waals surface area contributed by atoms with E-state index in [1.807, 2.05) is 30.0 Å². The molecular formula is C16H17Cl2NS.